The zero-order valence-corrected chi connectivity index (χ0v) is 18.1. The number of halogens is 2. The van der Waals surface area contributed by atoms with Gasteiger partial charge in [0.1, 0.15) is 5.82 Å². The van der Waals surface area contributed by atoms with E-state index in [1.807, 2.05) is 12.1 Å². The molecule has 1 amide bonds. The van der Waals surface area contributed by atoms with Crippen molar-refractivity contribution < 1.29 is 19.1 Å². The van der Waals surface area contributed by atoms with Crippen LogP contribution in [0.2, 0.25) is 5.02 Å². The number of hydrogen-bond acceptors (Lipinski definition) is 2. The molecule has 2 N–H and O–H groups in total. The minimum atomic E-state index is -0.808. The van der Waals surface area contributed by atoms with E-state index < -0.39 is 17.2 Å². The van der Waals surface area contributed by atoms with Crippen molar-refractivity contribution in [2.45, 2.75) is 57.3 Å². The molecule has 1 atom stereocenters. The molecule has 0 spiro atoms. The second-order valence-corrected chi connectivity index (χ2v) is 9.43. The summed E-state index contributed by atoms with van der Waals surface area (Å²) in [4.78, 5) is 25.0. The Kier molecular flexibility index (Phi) is 6.33. The number of carboxylic acid groups (broad SMARTS) is 1. The van der Waals surface area contributed by atoms with Crippen molar-refractivity contribution >= 4 is 29.2 Å². The van der Waals surface area contributed by atoms with Gasteiger partial charge in [0, 0.05) is 5.02 Å². The van der Waals surface area contributed by atoms with Crippen LogP contribution in [0.1, 0.15) is 62.0 Å². The number of benzene rings is 2. The SMILES string of the molecule is O=C(Nc1cc(CC2(C(=O)O)CCC2)ccc1F)C(c1ccc(Cl)cc1)C1CCCC1. The van der Waals surface area contributed by atoms with Gasteiger partial charge in [0.25, 0.3) is 0 Å². The zero-order chi connectivity index (χ0) is 22.0. The maximum absolute atomic E-state index is 14.6. The summed E-state index contributed by atoms with van der Waals surface area (Å²) in [6, 6.07) is 11.8. The normalized spacial score (nSPS) is 18.9. The minimum absolute atomic E-state index is 0.110. The highest BCUT2D eigenvalue weighted by molar-refractivity contribution is 6.30. The number of nitrogens with one attached hydrogen (secondary N) is 1. The van der Waals surface area contributed by atoms with E-state index in [2.05, 4.69) is 5.32 Å². The summed E-state index contributed by atoms with van der Waals surface area (Å²) >= 11 is 6.02. The molecule has 164 valence electrons. The minimum Gasteiger partial charge on any atom is -0.481 e. The number of rotatable bonds is 7. The molecule has 0 bridgehead atoms. The lowest BCUT2D eigenvalue weighted by molar-refractivity contribution is -0.154. The number of anilines is 1. The first-order chi connectivity index (χ1) is 14.9. The van der Waals surface area contributed by atoms with Gasteiger partial charge in [0.05, 0.1) is 17.0 Å². The van der Waals surface area contributed by atoms with Gasteiger partial charge in [0.15, 0.2) is 0 Å². The lowest BCUT2D eigenvalue weighted by Crippen LogP contribution is -2.39. The van der Waals surface area contributed by atoms with Gasteiger partial charge in [-0.3, -0.25) is 9.59 Å². The Morgan fingerprint density at radius 1 is 1.10 bits per heavy atom. The van der Waals surface area contributed by atoms with E-state index in [0.29, 0.717) is 24.3 Å². The zero-order valence-electron chi connectivity index (χ0n) is 17.4. The molecule has 1 unspecified atom stereocenters. The molecule has 2 aliphatic rings. The van der Waals surface area contributed by atoms with Gasteiger partial charge in [-0.2, -0.15) is 0 Å². The number of carbonyl (C=O) groups is 2. The van der Waals surface area contributed by atoms with Crippen LogP contribution in [0.15, 0.2) is 42.5 Å². The molecule has 2 fully saturated rings. The van der Waals surface area contributed by atoms with Crippen molar-refractivity contribution in [1.82, 2.24) is 0 Å². The smallest absolute Gasteiger partial charge is 0.309 e. The van der Waals surface area contributed by atoms with Crippen LogP contribution in [0.25, 0.3) is 0 Å². The summed E-state index contributed by atoms with van der Waals surface area (Å²) in [7, 11) is 0. The molecule has 2 aromatic carbocycles. The van der Waals surface area contributed by atoms with Crippen molar-refractivity contribution in [1.29, 1.82) is 0 Å². The van der Waals surface area contributed by atoms with E-state index >= 15 is 0 Å². The van der Waals surface area contributed by atoms with Crippen LogP contribution >= 0.6 is 11.6 Å². The topological polar surface area (TPSA) is 66.4 Å². The predicted molar refractivity (Wildman–Crippen MR) is 119 cm³/mol. The number of hydrogen-bond donors (Lipinski definition) is 2. The van der Waals surface area contributed by atoms with Crippen LogP contribution in [0, 0.1) is 17.2 Å². The van der Waals surface area contributed by atoms with E-state index in [1.165, 1.54) is 6.07 Å². The van der Waals surface area contributed by atoms with Crippen LogP contribution < -0.4 is 5.32 Å². The van der Waals surface area contributed by atoms with Gasteiger partial charge in [-0.05, 0) is 73.4 Å². The Balaban J connectivity index is 1.57. The van der Waals surface area contributed by atoms with Gasteiger partial charge >= 0.3 is 5.97 Å². The number of carboxylic acids is 1. The molecule has 0 radical (unpaired) electrons. The molecule has 0 aromatic heterocycles. The summed E-state index contributed by atoms with van der Waals surface area (Å²) in [6.07, 6.45) is 6.58. The highest BCUT2D eigenvalue weighted by Gasteiger charge is 2.44. The Morgan fingerprint density at radius 2 is 1.77 bits per heavy atom. The summed E-state index contributed by atoms with van der Waals surface area (Å²) in [6.45, 7) is 0. The molecule has 6 heteroatoms. The lowest BCUT2D eigenvalue weighted by atomic mass is 9.65. The first-order valence-electron chi connectivity index (χ1n) is 11.0. The molecule has 2 aliphatic carbocycles. The Bertz CT molecular complexity index is 965. The average Bonchev–Trinajstić information content (AvgIpc) is 3.22. The third kappa shape index (κ3) is 4.62. The molecule has 4 rings (SSSR count). The molecule has 2 aromatic rings. The first kappa shape index (κ1) is 21.8. The molecule has 31 heavy (non-hydrogen) atoms. The predicted octanol–water partition coefficient (Wildman–Crippen LogP) is 6.19. The largest absolute Gasteiger partial charge is 0.481 e. The van der Waals surface area contributed by atoms with E-state index in [0.717, 1.165) is 43.2 Å². The lowest BCUT2D eigenvalue weighted by Gasteiger charge is -2.37. The molecule has 0 aliphatic heterocycles. The van der Waals surface area contributed by atoms with E-state index in [4.69, 9.17) is 11.6 Å². The maximum atomic E-state index is 14.6. The number of amides is 1. The fourth-order valence-corrected chi connectivity index (χ4v) is 5.17. The van der Waals surface area contributed by atoms with Crippen molar-refractivity contribution in [3.63, 3.8) is 0 Å². The average molecular weight is 444 g/mol. The summed E-state index contributed by atoms with van der Waals surface area (Å²) in [5.74, 6) is -1.73. The van der Waals surface area contributed by atoms with Gasteiger partial charge in [0.2, 0.25) is 5.91 Å². The van der Waals surface area contributed by atoms with Crippen LogP contribution in [-0.4, -0.2) is 17.0 Å². The number of carbonyl (C=O) groups excluding carboxylic acids is 1. The number of aliphatic carboxylic acids is 1. The Morgan fingerprint density at radius 3 is 2.35 bits per heavy atom. The molecular weight excluding hydrogens is 417 g/mol. The van der Waals surface area contributed by atoms with E-state index in [1.54, 1.807) is 24.3 Å². The van der Waals surface area contributed by atoms with Crippen LogP contribution in [0.5, 0.6) is 0 Å². The maximum Gasteiger partial charge on any atom is 0.309 e. The third-order valence-electron chi connectivity index (χ3n) is 6.98. The summed E-state index contributed by atoms with van der Waals surface area (Å²) < 4.78 is 14.6. The van der Waals surface area contributed by atoms with Gasteiger partial charge < -0.3 is 10.4 Å². The highest BCUT2D eigenvalue weighted by Crippen LogP contribution is 2.44. The summed E-state index contributed by atoms with van der Waals surface area (Å²) in [5.41, 5.74) is 0.945. The van der Waals surface area contributed by atoms with Gasteiger partial charge in [-0.15, -0.1) is 0 Å². The van der Waals surface area contributed by atoms with Crippen molar-refractivity contribution in [2.75, 3.05) is 5.32 Å². The van der Waals surface area contributed by atoms with Crippen molar-refractivity contribution in [2.24, 2.45) is 11.3 Å². The van der Waals surface area contributed by atoms with E-state index in [9.17, 15) is 19.1 Å². The van der Waals surface area contributed by atoms with Crippen molar-refractivity contribution in [3.05, 3.63) is 64.4 Å². The summed E-state index contributed by atoms with van der Waals surface area (Å²) in [5, 5.41) is 13.0. The Hall–Kier alpha value is -2.40. The van der Waals surface area contributed by atoms with Gasteiger partial charge in [-0.1, -0.05) is 49.1 Å². The van der Waals surface area contributed by atoms with Crippen LogP contribution in [0.4, 0.5) is 10.1 Å². The van der Waals surface area contributed by atoms with Crippen molar-refractivity contribution in [3.8, 4) is 0 Å². The Labute approximate surface area is 186 Å². The molecule has 0 saturated heterocycles. The quantitative estimate of drug-likeness (QED) is 0.536. The second-order valence-electron chi connectivity index (χ2n) is 8.99. The molecular formula is C25H27ClFNO3. The van der Waals surface area contributed by atoms with E-state index in [-0.39, 0.29) is 23.4 Å². The highest BCUT2D eigenvalue weighted by atomic mass is 35.5. The van der Waals surface area contributed by atoms with Crippen LogP contribution in [-0.2, 0) is 16.0 Å². The standard InChI is InChI=1S/C25H27ClFNO3/c26-19-9-7-18(8-10-19)22(17-4-1-2-5-17)23(29)28-21-14-16(6-11-20(21)27)15-25(24(30)31)12-3-13-25/h6-11,14,17,22H,1-5,12-13,15H2,(H,28,29)(H,30,31). The molecule has 4 nitrogen and oxygen atoms in total. The fourth-order valence-electron chi connectivity index (χ4n) is 5.05. The van der Waals surface area contributed by atoms with Crippen LogP contribution in [0.3, 0.4) is 0 Å². The fraction of sp³-hybridized carbons (Fsp3) is 0.440. The monoisotopic (exact) mass is 443 g/mol. The van der Waals surface area contributed by atoms with Gasteiger partial charge in [-0.25, -0.2) is 4.39 Å². The molecule has 0 heterocycles. The third-order valence-corrected chi connectivity index (χ3v) is 7.23. The first-order valence-corrected chi connectivity index (χ1v) is 11.3. The second kappa shape index (κ2) is 8.99. The molecule has 2 saturated carbocycles.